The maximum atomic E-state index is 11.1. The van der Waals surface area contributed by atoms with Crippen LogP contribution in [0.1, 0.15) is 12.5 Å². The molecule has 0 unspecified atom stereocenters. The summed E-state index contributed by atoms with van der Waals surface area (Å²) in [4.78, 5) is 11.1. The number of allylic oxidation sites excluding steroid dienone is 1. The van der Waals surface area contributed by atoms with E-state index in [4.69, 9.17) is 4.74 Å². The van der Waals surface area contributed by atoms with Gasteiger partial charge in [0.15, 0.2) is 0 Å². The van der Waals surface area contributed by atoms with Gasteiger partial charge in [0.05, 0.1) is 6.61 Å². The highest BCUT2D eigenvalue weighted by Crippen LogP contribution is 2.25. The Bertz CT molecular complexity index is 540. The van der Waals surface area contributed by atoms with Crippen LogP contribution in [0.3, 0.4) is 0 Å². The van der Waals surface area contributed by atoms with Crippen LogP contribution in [0.4, 0.5) is 0 Å². The first kappa shape index (κ1) is 11.9. The van der Waals surface area contributed by atoms with Gasteiger partial charge >= 0.3 is 5.97 Å². The SMILES string of the molecule is CCOC(=O)C=CCc1csc2ccccc12. The van der Waals surface area contributed by atoms with Crippen LogP contribution in [-0.4, -0.2) is 12.6 Å². The molecule has 0 aliphatic carbocycles. The second-order valence-corrected chi connectivity index (χ2v) is 4.53. The molecule has 0 saturated carbocycles. The van der Waals surface area contributed by atoms with E-state index in [2.05, 4.69) is 17.5 Å². The molecule has 1 heterocycles. The summed E-state index contributed by atoms with van der Waals surface area (Å²) in [5.41, 5.74) is 1.26. The maximum Gasteiger partial charge on any atom is 0.330 e. The molecular formula is C14H14O2S. The molecule has 0 radical (unpaired) electrons. The van der Waals surface area contributed by atoms with Crippen LogP contribution >= 0.6 is 11.3 Å². The summed E-state index contributed by atoms with van der Waals surface area (Å²) in [6.07, 6.45) is 4.12. The van der Waals surface area contributed by atoms with Crippen molar-refractivity contribution in [3.63, 3.8) is 0 Å². The summed E-state index contributed by atoms with van der Waals surface area (Å²) in [5.74, 6) is -0.271. The van der Waals surface area contributed by atoms with Gasteiger partial charge in [-0.05, 0) is 35.7 Å². The molecule has 17 heavy (non-hydrogen) atoms. The van der Waals surface area contributed by atoms with Gasteiger partial charge < -0.3 is 4.74 Å². The fourth-order valence-corrected chi connectivity index (χ4v) is 2.64. The standard InChI is InChI=1S/C14H14O2S/c1-2-16-14(15)9-5-6-11-10-17-13-8-4-3-7-12(11)13/h3-5,7-10H,2,6H2,1H3. The predicted octanol–water partition coefficient (Wildman–Crippen LogP) is 3.56. The molecule has 2 rings (SSSR count). The van der Waals surface area contributed by atoms with Crippen molar-refractivity contribution in [3.8, 4) is 0 Å². The first-order chi connectivity index (χ1) is 8.31. The van der Waals surface area contributed by atoms with E-state index in [1.165, 1.54) is 21.7 Å². The van der Waals surface area contributed by atoms with Crippen LogP contribution < -0.4 is 0 Å². The Morgan fingerprint density at radius 3 is 3.06 bits per heavy atom. The lowest BCUT2D eigenvalue weighted by atomic mass is 10.1. The van der Waals surface area contributed by atoms with Gasteiger partial charge in [-0.15, -0.1) is 11.3 Å². The van der Waals surface area contributed by atoms with Crippen molar-refractivity contribution in [1.82, 2.24) is 0 Å². The number of ether oxygens (including phenoxy) is 1. The molecule has 88 valence electrons. The van der Waals surface area contributed by atoms with Crippen molar-refractivity contribution in [2.75, 3.05) is 6.61 Å². The highest BCUT2D eigenvalue weighted by Gasteiger charge is 2.01. The van der Waals surface area contributed by atoms with Crippen molar-refractivity contribution in [1.29, 1.82) is 0 Å². The van der Waals surface area contributed by atoms with E-state index in [1.807, 2.05) is 18.2 Å². The average molecular weight is 246 g/mol. The van der Waals surface area contributed by atoms with E-state index in [9.17, 15) is 4.79 Å². The van der Waals surface area contributed by atoms with E-state index in [0.29, 0.717) is 6.61 Å². The van der Waals surface area contributed by atoms with E-state index in [1.54, 1.807) is 18.3 Å². The second-order valence-electron chi connectivity index (χ2n) is 3.62. The van der Waals surface area contributed by atoms with E-state index < -0.39 is 0 Å². The minimum atomic E-state index is -0.271. The normalized spacial score (nSPS) is 11.1. The van der Waals surface area contributed by atoms with Crippen LogP contribution in [0.25, 0.3) is 10.1 Å². The minimum Gasteiger partial charge on any atom is -0.463 e. The molecule has 2 nitrogen and oxygen atoms in total. The molecular weight excluding hydrogens is 232 g/mol. The average Bonchev–Trinajstić information content (AvgIpc) is 2.73. The fraction of sp³-hybridized carbons (Fsp3) is 0.214. The number of carbonyl (C=O) groups excluding carboxylic acids is 1. The Hall–Kier alpha value is -1.61. The Kier molecular flexibility index (Phi) is 3.94. The van der Waals surface area contributed by atoms with Crippen LogP contribution in [0.2, 0.25) is 0 Å². The van der Waals surface area contributed by atoms with Gasteiger partial charge in [-0.25, -0.2) is 4.79 Å². The third-order valence-electron chi connectivity index (χ3n) is 2.44. The fourth-order valence-electron chi connectivity index (χ4n) is 1.66. The highest BCUT2D eigenvalue weighted by atomic mass is 32.1. The molecule has 0 N–H and O–H groups in total. The zero-order valence-corrected chi connectivity index (χ0v) is 10.5. The minimum absolute atomic E-state index is 0.271. The number of hydrogen-bond donors (Lipinski definition) is 0. The molecule has 0 spiro atoms. The largest absolute Gasteiger partial charge is 0.463 e. The molecule has 2 aromatic rings. The smallest absolute Gasteiger partial charge is 0.330 e. The third-order valence-corrected chi connectivity index (χ3v) is 3.45. The summed E-state index contributed by atoms with van der Waals surface area (Å²) < 4.78 is 6.11. The number of fused-ring (bicyclic) bond motifs is 1. The summed E-state index contributed by atoms with van der Waals surface area (Å²) in [6.45, 7) is 2.22. The van der Waals surface area contributed by atoms with Gasteiger partial charge in [0, 0.05) is 10.8 Å². The van der Waals surface area contributed by atoms with E-state index in [0.717, 1.165) is 6.42 Å². The van der Waals surface area contributed by atoms with Crippen molar-refractivity contribution >= 4 is 27.4 Å². The van der Waals surface area contributed by atoms with Gasteiger partial charge in [0.1, 0.15) is 0 Å². The summed E-state index contributed by atoms with van der Waals surface area (Å²) in [6, 6.07) is 8.29. The molecule has 1 aromatic heterocycles. The zero-order valence-electron chi connectivity index (χ0n) is 9.68. The predicted molar refractivity (Wildman–Crippen MR) is 71.3 cm³/mol. The lowest BCUT2D eigenvalue weighted by Crippen LogP contribution is -1.98. The van der Waals surface area contributed by atoms with Crippen molar-refractivity contribution in [2.24, 2.45) is 0 Å². The van der Waals surface area contributed by atoms with Crippen molar-refractivity contribution in [3.05, 3.63) is 47.4 Å². The molecule has 1 aromatic carbocycles. The zero-order chi connectivity index (χ0) is 12.1. The first-order valence-electron chi connectivity index (χ1n) is 5.59. The third kappa shape index (κ3) is 2.94. The molecule has 0 saturated heterocycles. The molecule has 3 heteroatoms. The van der Waals surface area contributed by atoms with Crippen molar-refractivity contribution in [2.45, 2.75) is 13.3 Å². The lowest BCUT2D eigenvalue weighted by Gasteiger charge is -1.95. The monoisotopic (exact) mass is 246 g/mol. The quantitative estimate of drug-likeness (QED) is 0.609. The van der Waals surface area contributed by atoms with Crippen LogP contribution in [0, 0.1) is 0 Å². The summed E-state index contributed by atoms with van der Waals surface area (Å²) >= 11 is 1.73. The first-order valence-corrected chi connectivity index (χ1v) is 6.47. The van der Waals surface area contributed by atoms with Gasteiger partial charge in [-0.2, -0.15) is 0 Å². The van der Waals surface area contributed by atoms with Gasteiger partial charge in [0.2, 0.25) is 0 Å². The lowest BCUT2D eigenvalue weighted by molar-refractivity contribution is -0.137. The topological polar surface area (TPSA) is 26.3 Å². The molecule has 0 amide bonds. The molecule has 0 atom stereocenters. The van der Waals surface area contributed by atoms with E-state index in [-0.39, 0.29) is 5.97 Å². The Labute approximate surface area is 105 Å². The number of thiophene rings is 1. The summed E-state index contributed by atoms with van der Waals surface area (Å²) in [5, 5.41) is 3.41. The highest BCUT2D eigenvalue weighted by molar-refractivity contribution is 7.17. The number of carbonyl (C=O) groups is 1. The Balaban J connectivity index is 2.06. The number of hydrogen-bond acceptors (Lipinski definition) is 3. The molecule has 0 bridgehead atoms. The van der Waals surface area contributed by atoms with Crippen LogP contribution in [0.15, 0.2) is 41.8 Å². The molecule has 0 aliphatic rings. The molecule has 0 aliphatic heterocycles. The van der Waals surface area contributed by atoms with Crippen LogP contribution in [0.5, 0.6) is 0 Å². The van der Waals surface area contributed by atoms with Crippen LogP contribution in [-0.2, 0) is 16.0 Å². The van der Waals surface area contributed by atoms with Gasteiger partial charge in [-0.3, -0.25) is 0 Å². The Morgan fingerprint density at radius 2 is 2.24 bits per heavy atom. The Morgan fingerprint density at radius 1 is 1.41 bits per heavy atom. The summed E-state index contributed by atoms with van der Waals surface area (Å²) in [7, 11) is 0. The molecule has 0 fully saturated rings. The van der Waals surface area contributed by atoms with Crippen molar-refractivity contribution < 1.29 is 9.53 Å². The van der Waals surface area contributed by atoms with Gasteiger partial charge in [-0.1, -0.05) is 24.3 Å². The van der Waals surface area contributed by atoms with E-state index >= 15 is 0 Å². The second kappa shape index (κ2) is 5.64. The van der Waals surface area contributed by atoms with Gasteiger partial charge in [0.25, 0.3) is 0 Å². The maximum absolute atomic E-state index is 11.1. The number of rotatable bonds is 4. The number of esters is 1. The number of benzene rings is 1.